The molecule has 1 aliphatic carbocycles. The van der Waals surface area contributed by atoms with Gasteiger partial charge in [0.15, 0.2) is 0 Å². The summed E-state index contributed by atoms with van der Waals surface area (Å²) in [5.41, 5.74) is 2.43. The SMILES string of the molecule is O=C(O)C(Cl)Cc1ccc(C2CCCCC2)c(I)c1. The Kier molecular flexibility index (Phi) is 5.51. The maximum atomic E-state index is 10.8. The third-order valence-electron chi connectivity index (χ3n) is 3.79. The molecule has 0 aliphatic heterocycles. The quantitative estimate of drug-likeness (QED) is 0.602. The minimum atomic E-state index is -0.951. The predicted octanol–water partition coefficient (Wildman–Crippen LogP) is 4.57. The average Bonchev–Trinajstić information content (AvgIpc) is 2.39. The van der Waals surface area contributed by atoms with Crippen LogP contribution in [0.1, 0.15) is 49.1 Å². The summed E-state index contributed by atoms with van der Waals surface area (Å²) in [5.74, 6) is -0.269. The van der Waals surface area contributed by atoms with Gasteiger partial charge in [0.1, 0.15) is 5.38 Å². The summed E-state index contributed by atoms with van der Waals surface area (Å²) in [4.78, 5) is 10.8. The highest BCUT2D eigenvalue weighted by molar-refractivity contribution is 14.1. The summed E-state index contributed by atoms with van der Waals surface area (Å²) in [6.07, 6.45) is 6.96. The number of carbonyl (C=O) groups is 1. The third kappa shape index (κ3) is 4.09. The average molecular weight is 393 g/mol. The summed E-state index contributed by atoms with van der Waals surface area (Å²) in [6.45, 7) is 0. The molecule has 1 aromatic rings. The maximum Gasteiger partial charge on any atom is 0.321 e. The van der Waals surface area contributed by atoms with Crippen molar-refractivity contribution < 1.29 is 9.90 Å². The Morgan fingerprint density at radius 2 is 2.05 bits per heavy atom. The molecule has 104 valence electrons. The highest BCUT2D eigenvalue weighted by atomic mass is 127. The van der Waals surface area contributed by atoms with Crippen molar-refractivity contribution in [2.45, 2.75) is 49.8 Å². The van der Waals surface area contributed by atoms with Crippen LogP contribution in [0.15, 0.2) is 18.2 Å². The summed E-state index contributed by atoms with van der Waals surface area (Å²) >= 11 is 8.15. The monoisotopic (exact) mass is 392 g/mol. The molecule has 0 heterocycles. The molecule has 0 spiro atoms. The lowest BCUT2D eigenvalue weighted by atomic mass is 9.84. The van der Waals surface area contributed by atoms with Gasteiger partial charge >= 0.3 is 5.97 Å². The second-order valence-corrected chi connectivity index (χ2v) is 6.89. The highest BCUT2D eigenvalue weighted by Gasteiger charge is 2.19. The lowest BCUT2D eigenvalue weighted by molar-refractivity contribution is -0.136. The van der Waals surface area contributed by atoms with E-state index in [9.17, 15) is 4.79 Å². The van der Waals surface area contributed by atoms with Gasteiger partial charge in [0.25, 0.3) is 0 Å². The zero-order valence-corrected chi connectivity index (χ0v) is 13.7. The first-order valence-electron chi connectivity index (χ1n) is 6.73. The maximum absolute atomic E-state index is 10.8. The van der Waals surface area contributed by atoms with Gasteiger partial charge in [0.2, 0.25) is 0 Å². The van der Waals surface area contributed by atoms with Crippen molar-refractivity contribution in [3.05, 3.63) is 32.9 Å². The number of carboxylic acid groups (broad SMARTS) is 1. The van der Waals surface area contributed by atoms with Crippen molar-refractivity contribution >= 4 is 40.2 Å². The molecule has 0 radical (unpaired) electrons. The van der Waals surface area contributed by atoms with Crippen LogP contribution in [-0.4, -0.2) is 16.5 Å². The van der Waals surface area contributed by atoms with E-state index in [2.05, 4.69) is 34.7 Å². The molecule has 1 aromatic carbocycles. The van der Waals surface area contributed by atoms with E-state index in [-0.39, 0.29) is 0 Å². The Hall–Kier alpha value is -0.290. The number of halogens is 2. The number of aliphatic carboxylic acids is 1. The lowest BCUT2D eigenvalue weighted by Crippen LogP contribution is -2.16. The lowest BCUT2D eigenvalue weighted by Gasteiger charge is -2.23. The summed E-state index contributed by atoms with van der Waals surface area (Å²) in [5, 5.41) is 8.00. The van der Waals surface area contributed by atoms with Gasteiger partial charge < -0.3 is 5.11 Å². The van der Waals surface area contributed by atoms with Gasteiger partial charge in [-0.1, -0.05) is 31.4 Å². The first-order valence-corrected chi connectivity index (χ1v) is 8.24. The van der Waals surface area contributed by atoms with Crippen molar-refractivity contribution in [2.75, 3.05) is 0 Å². The second kappa shape index (κ2) is 6.93. The zero-order valence-electron chi connectivity index (χ0n) is 10.7. The van der Waals surface area contributed by atoms with Crippen molar-refractivity contribution in [2.24, 2.45) is 0 Å². The fraction of sp³-hybridized carbons (Fsp3) is 0.533. The minimum absolute atomic E-state index is 0.387. The van der Waals surface area contributed by atoms with Gasteiger partial charge in [-0.15, -0.1) is 11.6 Å². The van der Waals surface area contributed by atoms with E-state index in [0.717, 1.165) is 5.56 Å². The van der Waals surface area contributed by atoms with Crippen LogP contribution in [0.25, 0.3) is 0 Å². The van der Waals surface area contributed by atoms with E-state index in [1.54, 1.807) is 0 Å². The molecule has 1 unspecified atom stereocenters. The van der Waals surface area contributed by atoms with E-state index in [1.807, 2.05) is 6.07 Å². The molecule has 1 N–H and O–H groups in total. The molecular weight excluding hydrogens is 375 g/mol. The van der Waals surface area contributed by atoms with E-state index in [0.29, 0.717) is 12.3 Å². The van der Waals surface area contributed by atoms with Crippen LogP contribution in [-0.2, 0) is 11.2 Å². The van der Waals surface area contributed by atoms with E-state index >= 15 is 0 Å². The number of carboxylic acids is 1. The molecule has 0 saturated heterocycles. The molecule has 2 nitrogen and oxygen atoms in total. The number of hydrogen-bond donors (Lipinski definition) is 1. The molecule has 19 heavy (non-hydrogen) atoms. The normalized spacial score (nSPS) is 18.2. The summed E-state index contributed by atoms with van der Waals surface area (Å²) in [6, 6.07) is 6.28. The van der Waals surface area contributed by atoms with Crippen molar-refractivity contribution in [1.82, 2.24) is 0 Å². The molecular formula is C15H18ClIO2. The Balaban J connectivity index is 2.10. The third-order valence-corrected chi connectivity index (χ3v) is 5.07. The first kappa shape index (κ1) is 15.1. The molecule has 1 fully saturated rings. The fourth-order valence-electron chi connectivity index (χ4n) is 2.74. The number of alkyl halides is 1. The Labute approximate surface area is 132 Å². The van der Waals surface area contributed by atoms with Gasteiger partial charge in [0, 0.05) is 3.57 Å². The number of benzene rings is 1. The van der Waals surface area contributed by atoms with Gasteiger partial charge in [-0.05, 0) is 65.0 Å². The Morgan fingerprint density at radius 1 is 1.37 bits per heavy atom. The number of hydrogen-bond acceptors (Lipinski definition) is 1. The zero-order chi connectivity index (χ0) is 13.8. The minimum Gasteiger partial charge on any atom is -0.480 e. The van der Waals surface area contributed by atoms with Gasteiger partial charge in [-0.25, -0.2) is 0 Å². The van der Waals surface area contributed by atoms with Crippen LogP contribution in [0.2, 0.25) is 0 Å². The molecule has 0 aromatic heterocycles. The second-order valence-electron chi connectivity index (χ2n) is 5.20. The fourth-order valence-corrected chi connectivity index (χ4v) is 3.93. The molecule has 1 atom stereocenters. The standard InChI is InChI=1S/C15H18ClIO2/c16-13(15(18)19)8-10-6-7-12(14(17)9-10)11-4-2-1-3-5-11/h6-7,9,11,13H,1-5,8H2,(H,18,19). The molecule has 2 rings (SSSR count). The Bertz CT molecular complexity index is 455. The first-order chi connectivity index (χ1) is 9.08. The topological polar surface area (TPSA) is 37.3 Å². The van der Waals surface area contributed by atoms with Gasteiger partial charge in [-0.2, -0.15) is 0 Å². The van der Waals surface area contributed by atoms with E-state index < -0.39 is 11.3 Å². The molecule has 0 bridgehead atoms. The van der Waals surface area contributed by atoms with Gasteiger partial charge in [0.05, 0.1) is 0 Å². The molecule has 4 heteroatoms. The predicted molar refractivity (Wildman–Crippen MR) is 86.0 cm³/mol. The summed E-state index contributed by atoms with van der Waals surface area (Å²) in [7, 11) is 0. The summed E-state index contributed by atoms with van der Waals surface area (Å²) < 4.78 is 1.25. The van der Waals surface area contributed by atoms with Crippen LogP contribution in [0.5, 0.6) is 0 Å². The molecule has 1 aliphatic rings. The molecule has 0 amide bonds. The van der Waals surface area contributed by atoms with Crippen LogP contribution in [0.4, 0.5) is 0 Å². The number of rotatable bonds is 4. The highest BCUT2D eigenvalue weighted by Crippen LogP contribution is 2.35. The van der Waals surface area contributed by atoms with Crippen molar-refractivity contribution in [3.63, 3.8) is 0 Å². The van der Waals surface area contributed by atoms with Gasteiger partial charge in [-0.3, -0.25) is 4.79 Å². The van der Waals surface area contributed by atoms with Crippen molar-refractivity contribution in [1.29, 1.82) is 0 Å². The van der Waals surface area contributed by atoms with Crippen LogP contribution < -0.4 is 0 Å². The van der Waals surface area contributed by atoms with Crippen LogP contribution in [0, 0.1) is 3.57 Å². The largest absolute Gasteiger partial charge is 0.480 e. The van der Waals surface area contributed by atoms with E-state index in [1.165, 1.54) is 41.2 Å². The Morgan fingerprint density at radius 3 is 2.63 bits per heavy atom. The van der Waals surface area contributed by atoms with Crippen LogP contribution >= 0.6 is 34.2 Å². The molecule has 1 saturated carbocycles. The van der Waals surface area contributed by atoms with Crippen molar-refractivity contribution in [3.8, 4) is 0 Å². The van der Waals surface area contributed by atoms with Crippen LogP contribution in [0.3, 0.4) is 0 Å². The smallest absolute Gasteiger partial charge is 0.321 e. The van der Waals surface area contributed by atoms with E-state index in [4.69, 9.17) is 16.7 Å².